The minimum absolute atomic E-state index is 0. The average Bonchev–Trinajstić information content (AvgIpc) is 2.72. The van der Waals surface area contributed by atoms with Gasteiger partial charge in [-0.2, -0.15) is 0 Å². The molecular formula is C24H34Cl2N4NiO2+2. The van der Waals surface area contributed by atoms with Gasteiger partial charge in [0.05, 0.1) is 0 Å². The van der Waals surface area contributed by atoms with Gasteiger partial charge in [0.1, 0.15) is 0 Å². The zero-order valence-corrected chi connectivity index (χ0v) is 22.1. The number of rotatable bonds is 10. The van der Waals surface area contributed by atoms with Crippen LogP contribution in [0.5, 0.6) is 0 Å². The van der Waals surface area contributed by atoms with E-state index in [4.69, 9.17) is 23.2 Å². The predicted molar refractivity (Wildman–Crippen MR) is 135 cm³/mol. The molecule has 0 aromatic carbocycles. The van der Waals surface area contributed by atoms with Gasteiger partial charge in [-0.25, -0.2) is 0 Å². The third kappa shape index (κ3) is 15.0. The van der Waals surface area contributed by atoms with E-state index >= 15 is 0 Å². The van der Waals surface area contributed by atoms with Gasteiger partial charge in [0.15, 0.2) is 11.6 Å². The molecule has 6 nitrogen and oxygen atoms in total. The van der Waals surface area contributed by atoms with E-state index in [-0.39, 0.29) is 28.1 Å². The summed E-state index contributed by atoms with van der Waals surface area (Å²) in [6.07, 6.45) is 15.0. The number of hydrogen-bond acceptors (Lipinski definition) is 6. The van der Waals surface area contributed by atoms with E-state index < -0.39 is 0 Å². The summed E-state index contributed by atoms with van der Waals surface area (Å²) in [5.74, 6) is -0.0194. The first-order valence-corrected chi connectivity index (χ1v) is 11.3. The third-order valence-electron chi connectivity index (χ3n) is 4.31. The molecule has 9 heteroatoms. The van der Waals surface area contributed by atoms with Gasteiger partial charge in [-0.3, -0.25) is 9.59 Å². The van der Waals surface area contributed by atoms with Crippen molar-refractivity contribution < 1.29 is 26.1 Å². The van der Waals surface area contributed by atoms with E-state index in [0.29, 0.717) is 21.2 Å². The first-order chi connectivity index (χ1) is 15.2. The summed E-state index contributed by atoms with van der Waals surface area (Å²) in [5, 5.41) is 7.40. The largest absolute Gasteiger partial charge is 2.00 e. The molecule has 0 amide bonds. The molecule has 0 saturated heterocycles. The van der Waals surface area contributed by atoms with E-state index in [1.54, 1.807) is 36.7 Å². The van der Waals surface area contributed by atoms with Crippen molar-refractivity contribution in [3.63, 3.8) is 0 Å². The molecule has 0 aliphatic heterocycles. The number of hydrogen-bond donors (Lipinski definition) is 2. The second kappa shape index (κ2) is 17.8. The van der Waals surface area contributed by atoms with Gasteiger partial charge in [-0.05, 0) is 90.6 Å². The second-order valence-electron chi connectivity index (χ2n) is 7.87. The van der Waals surface area contributed by atoms with Crippen molar-refractivity contribution in [1.29, 1.82) is 0 Å². The Balaban J connectivity index is 0.000000602. The fraction of sp³-hybridized carbons (Fsp3) is 0.417. The van der Waals surface area contributed by atoms with Crippen molar-refractivity contribution >= 4 is 34.8 Å². The van der Waals surface area contributed by atoms with Crippen LogP contribution >= 0.6 is 23.2 Å². The normalized spacial score (nSPS) is 17.6. The first kappa shape index (κ1) is 31.4. The molecule has 0 bridgehead atoms. The van der Waals surface area contributed by atoms with E-state index in [1.165, 1.54) is 12.2 Å². The Labute approximate surface area is 218 Å². The van der Waals surface area contributed by atoms with Gasteiger partial charge in [-0.1, -0.05) is 23.2 Å². The Bertz CT molecular complexity index is 760. The number of nitrogens with zero attached hydrogens (tertiary/aromatic N) is 2. The molecule has 0 saturated carbocycles. The Morgan fingerprint density at radius 1 is 0.727 bits per heavy atom. The molecule has 2 rings (SSSR count). The molecule has 0 radical (unpaired) electrons. The van der Waals surface area contributed by atoms with Crippen molar-refractivity contribution in [3.8, 4) is 0 Å². The zero-order valence-electron chi connectivity index (χ0n) is 19.6. The number of carbonyl (C=O) groups is 2. The standard InChI is InChI=1S/2C12H17ClN2O.Ni/c2*1-15(2)7-3-6-14-9-10-8-11(13)4-5-12(10)16;/h2*4-5,8-9,14H,3,6-7H2,1-2H3;/q;;+2. The van der Waals surface area contributed by atoms with Gasteiger partial charge in [0.25, 0.3) is 0 Å². The van der Waals surface area contributed by atoms with Crippen LogP contribution in [-0.2, 0) is 26.1 Å². The van der Waals surface area contributed by atoms with Crippen LogP contribution in [0.4, 0.5) is 0 Å². The molecule has 0 fully saturated rings. The van der Waals surface area contributed by atoms with E-state index in [2.05, 4.69) is 20.4 Å². The van der Waals surface area contributed by atoms with Crippen molar-refractivity contribution in [2.45, 2.75) is 12.8 Å². The molecule has 2 aliphatic rings. The SMILES string of the molecule is CN(C)CCCNC=C1C=C(Cl)C=CC1=O.CN(C)CCCNC=C1C=C(Cl)C=CC1=O.[Ni+2]. The summed E-state index contributed by atoms with van der Waals surface area (Å²) in [5.41, 5.74) is 1.22. The molecule has 0 aromatic heterocycles. The van der Waals surface area contributed by atoms with Crippen molar-refractivity contribution in [2.24, 2.45) is 0 Å². The van der Waals surface area contributed by atoms with Crippen molar-refractivity contribution in [1.82, 2.24) is 20.4 Å². The van der Waals surface area contributed by atoms with Crippen LogP contribution in [0.1, 0.15) is 12.8 Å². The average molecular weight is 540 g/mol. The number of halogens is 2. The van der Waals surface area contributed by atoms with Gasteiger partial charge in [0.2, 0.25) is 0 Å². The Kier molecular flexibility index (Phi) is 16.9. The number of ketones is 2. The molecule has 0 spiro atoms. The molecule has 2 N–H and O–H groups in total. The molecule has 0 heterocycles. The quantitative estimate of drug-likeness (QED) is 0.252. The van der Waals surface area contributed by atoms with Crippen LogP contribution < -0.4 is 10.6 Å². The van der Waals surface area contributed by atoms with Crippen LogP contribution in [0, 0.1) is 0 Å². The number of nitrogens with one attached hydrogen (secondary N) is 2. The maximum absolute atomic E-state index is 11.4. The van der Waals surface area contributed by atoms with Gasteiger partial charge in [0, 0.05) is 46.7 Å². The van der Waals surface area contributed by atoms with E-state index in [1.807, 2.05) is 28.2 Å². The summed E-state index contributed by atoms with van der Waals surface area (Å²) in [7, 11) is 8.15. The molecule has 33 heavy (non-hydrogen) atoms. The smallest absolute Gasteiger partial charge is 0.390 e. The summed E-state index contributed by atoms with van der Waals surface area (Å²) in [4.78, 5) is 27.1. The summed E-state index contributed by atoms with van der Waals surface area (Å²) < 4.78 is 0. The summed E-state index contributed by atoms with van der Waals surface area (Å²) in [6, 6.07) is 0. The van der Waals surface area contributed by atoms with Crippen molar-refractivity contribution in [2.75, 3.05) is 54.4 Å². The zero-order chi connectivity index (χ0) is 23.9. The van der Waals surface area contributed by atoms with Crippen LogP contribution in [0.3, 0.4) is 0 Å². The Morgan fingerprint density at radius 2 is 1.09 bits per heavy atom. The Morgan fingerprint density at radius 3 is 1.42 bits per heavy atom. The van der Waals surface area contributed by atoms with E-state index in [9.17, 15) is 9.59 Å². The summed E-state index contributed by atoms with van der Waals surface area (Å²) >= 11 is 11.6. The molecular weight excluding hydrogens is 506 g/mol. The predicted octanol–water partition coefficient (Wildman–Crippen LogP) is 3.34. The molecule has 0 atom stereocenters. The minimum Gasteiger partial charge on any atom is -0.390 e. The number of allylic oxidation sites excluding steroid dienone is 10. The monoisotopic (exact) mass is 538 g/mol. The Hall–Kier alpha value is -1.63. The maximum atomic E-state index is 11.4. The second-order valence-corrected chi connectivity index (χ2v) is 8.75. The number of carbonyl (C=O) groups excluding carboxylic acids is 2. The molecule has 2 aliphatic carbocycles. The van der Waals surface area contributed by atoms with Crippen LogP contribution in [0.2, 0.25) is 0 Å². The molecule has 0 unspecified atom stereocenters. The minimum atomic E-state index is -0.00971. The van der Waals surface area contributed by atoms with Crippen LogP contribution in [0.25, 0.3) is 0 Å². The first-order valence-electron chi connectivity index (χ1n) is 10.5. The summed E-state index contributed by atoms with van der Waals surface area (Å²) in [6.45, 7) is 3.76. The third-order valence-corrected chi connectivity index (χ3v) is 4.78. The molecule has 0 aromatic rings. The maximum Gasteiger partial charge on any atom is 2.00 e. The van der Waals surface area contributed by atoms with Gasteiger partial charge in [-0.15, -0.1) is 0 Å². The van der Waals surface area contributed by atoms with Gasteiger partial charge >= 0.3 is 16.5 Å². The van der Waals surface area contributed by atoms with Crippen LogP contribution in [0.15, 0.2) is 70.1 Å². The van der Waals surface area contributed by atoms with E-state index in [0.717, 1.165) is 39.0 Å². The topological polar surface area (TPSA) is 64.7 Å². The van der Waals surface area contributed by atoms with Gasteiger partial charge < -0.3 is 20.4 Å². The fourth-order valence-corrected chi connectivity index (χ4v) is 2.98. The van der Waals surface area contributed by atoms with Crippen molar-refractivity contribution in [3.05, 3.63) is 70.1 Å². The fourth-order valence-electron chi connectivity index (χ4n) is 2.62. The van der Waals surface area contributed by atoms with Crippen LogP contribution in [-0.4, -0.2) is 75.7 Å². The molecule has 184 valence electrons.